The van der Waals surface area contributed by atoms with Gasteiger partial charge in [0.25, 0.3) is 0 Å². The Hall–Kier alpha value is -3.25. The van der Waals surface area contributed by atoms with Crippen LogP contribution in [0.5, 0.6) is 5.75 Å². The molecule has 1 N–H and O–H groups in total. The summed E-state index contributed by atoms with van der Waals surface area (Å²) in [6, 6.07) is 18.0. The van der Waals surface area contributed by atoms with E-state index in [0.29, 0.717) is 6.61 Å². The first-order chi connectivity index (χ1) is 15.1. The number of nitrogens with zero attached hydrogens (tertiary/aromatic N) is 3. The minimum Gasteiger partial charge on any atom is -0.489 e. The molecule has 0 aliphatic carbocycles. The number of carboxylic acid groups (broad SMARTS) is 1. The number of fused-ring (bicyclic) bond motifs is 1. The minimum atomic E-state index is -0.741. The third kappa shape index (κ3) is 5.67. The number of aliphatic carboxylic acids is 1. The topological polar surface area (TPSA) is 75.5 Å². The largest absolute Gasteiger partial charge is 0.489 e. The van der Waals surface area contributed by atoms with Crippen LogP contribution in [-0.4, -0.2) is 39.0 Å². The van der Waals surface area contributed by atoms with Crippen LogP contribution in [0.4, 0.5) is 0 Å². The lowest BCUT2D eigenvalue weighted by Crippen LogP contribution is -2.35. The van der Waals surface area contributed by atoms with Crippen molar-refractivity contribution in [1.29, 1.82) is 0 Å². The van der Waals surface area contributed by atoms with Gasteiger partial charge in [0.1, 0.15) is 12.4 Å². The summed E-state index contributed by atoms with van der Waals surface area (Å²) in [7, 11) is 0. The van der Waals surface area contributed by atoms with Crippen molar-refractivity contribution in [2.45, 2.75) is 32.9 Å². The quantitative estimate of drug-likeness (QED) is 0.592. The zero-order valence-electron chi connectivity index (χ0n) is 17.7. The van der Waals surface area contributed by atoms with Crippen molar-refractivity contribution in [2.75, 3.05) is 13.1 Å². The summed E-state index contributed by atoms with van der Waals surface area (Å²) in [5, 5.41) is 8.96. The minimum absolute atomic E-state index is 0.127. The average Bonchev–Trinajstić information content (AvgIpc) is 2.78. The third-order valence-electron chi connectivity index (χ3n) is 5.47. The molecule has 0 amide bonds. The van der Waals surface area contributed by atoms with Crippen molar-refractivity contribution in [3.63, 3.8) is 0 Å². The number of hydrogen-bond acceptors (Lipinski definition) is 5. The van der Waals surface area contributed by atoms with Crippen LogP contribution < -0.4 is 4.74 Å². The maximum atomic E-state index is 10.9. The highest BCUT2D eigenvalue weighted by molar-refractivity contribution is 5.67. The van der Waals surface area contributed by atoms with E-state index in [0.717, 1.165) is 60.0 Å². The molecule has 0 spiro atoms. The van der Waals surface area contributed by atoms with Crippen molar-refractivity contribution >= 4 is 5.97 Å². The molecule has 3 aromatic rings. The average molecular weight is 418 g/mol. The number of aromatic nitrogens is 2. The Bertz CT molecular complexity index is 1020. The Balaban J connectivity index is 1.37. The molecular formula is C25H27N3O3. The summed E-state index contributed by atoms with van der Waals surface area (Å²) in [4.78, 5) is 22.6. The van der Waals surface area contributed by atoms with Crippen LogP contribution in [0.25, 0.3) is 11.4 Å². The molecule has 6 heteroatoms. The fourth-order valence-electron chi connectivity index (χ4n) is 3.91. The fraction of sp³-hybridized carbons (Fsp3) is 0.320. The van der Waals surface area contributed by atoms with Gasteiger partial charge < -0.3 is 9.84 Å². The molecule has 0 radical (unpaired) electrons. The predicted octanol–water partition coefficient (Wildman–Crippen LogP) is 4.19. The number of carbonyl (C=O) groups is 1. The van der Waals surface area contributed by atoms with Crippen LogP contribution in [0.15, 0.2) is 60.8 Å². The molecule has 0 saturated heterocycles. The van der Waals surface area contributed by atoms with Gasteiger partial charge >= 0.3 is 5.97 Å². The van der Waals surface area contributed by atoms with Crippen LogP contribution in [0.1, 0.15) is 30.2 Å². The molecule has 4 rings (SSSR count). The zero-order chi connectivity index (χ0) is 21.6. The van der Waals surface area contributed by atoms with E-state index in [9.17, 15) is 4.79 Å². The molecule has 2 heterocycles. The first kappa shape index (κ1) is 21.0. The zero-order valence-corrected chi connectivity index (χ0v) is 17.7. The number of benzene rings is 2. The van der Waals surface area contributed by atoms with E-state index in [2.05, 4.69) is 9.88 Å². The second-order valence-corrected chi connectivity index (χ2v) is 8.15. The van der Waals surface area contributed by atoms with Crippen LogP contribution >= 0.6 is 0 Å². The van der Waals surface area contributed by atoms with E-state index in [1.165, 1.54) is 0 Å². The van der Waals surface area contributed by atoms with E-state index in [1.807, 2.05) is 67.7 Å². The number of hydrogen-bond donors (Lipinski definition) is 1. The second-order valence-electron chi connectivity index (χ2n) is 8.15. The molecule has 31 heavy (non-hydrogen) atoms. The van der Waals surface area contributed by atoms with Gasteiger partial charge in [0.2, 0.25) is 0 Å². The van der Waals surface area contributed by atoms with E-state index in [1.54, 1.807) is 0 Å². The van der Waals surface area contributed by atoms with E-state index >= 15 is 0 Å². The molecule has 1 atom stereocenters. The first-order valence-electron chi connectivity index (χ1n) is 10.6. The van der Waals surface area contributed by atoms with E-state index < -0.39 is 5.97 Å². The Labute approximate surface area is 182 Å². The number of rotatable bonds is 8. The summed E-state index contributed by atoms with van der Waals surface area (Å²) >= 11 is 0. The summed E-state index contributed by atoms with van der Waals surface area (Å²) in [5.41, 5.74) is 4.31. The lowest BCUT2D eigenvalue weighted by molar-refractivity contribution is -0.138. The monoisotopic (exact) mass is 417 g/mol. The van der Waals surface area contributed by atoms with Gasteiger partial charge in [0.05, 0.1) is 5.69 Å². The molecule has 2 aromatic carbocycles. The Morgan fingerprint density at radius 3 is 2.68 bits per heavy atom. The van der Waals surface area contributed by atoms with Crippen LogP contribution in [0, 0.1) is 5.92 Å². The normalized spacial score (nSPS) is 14.6. The Kier molecular flexibility index (Phi) is 6.57. The van der Waals surface area contributed by atoms with E-state index in [-0.39, 0.29) is 12.3 Å². The summed E-state index contributed by atoms with van der Waals surface area (Å²) < 4.78 is 5.86. The summed E-state index contributed by atoms with van der Waals surface area (Å²) in [6.45, 7) is 4.96. The number of ether oxygens (including phenoxy) is 1. The van der Waals surface area contributed by atoms with Crippen LogP contribution in [0.3, 0.4) is 0 Å². The van der Waals surface area contributed by atoms with Gasteiger partial charge in [-0.25, -0.2) is 9.97 Å². The van der Waals surface area contributed by atoms with Crippen molar-refractivity contribution in [1.82, 2.24) is 14.9 Å². The predicted molar refractivity (Wildman–Crippen MR) is 119 cm³/mol. The molecule has 0 bridgehead atoms. The first-order valence-corrected chi connectivity index (χ1v) is 10.6. The van der Waals surface area contributed by atoms with Gasteiger partial charge in [-0.2, -0.15) is 0 Å². The van der Waals surface area contributed by atoms with Gasteiger partial charge in [0.15, 0.2) is 5.82 Å². The summed E-state index contributed by atoms with van der Waals surface area (Å²) in [5.74, 6) is 0.925. The standard InChI is InChI=1S/C25H27N3O3/c1-18(13-24(29)30)15-28-12-11-23-21(16-28)14-26-25(27-23)20-7-9-22(10-8-20)31-17-19-5-3-2-4-6-19/h2-10,14,18H,11-13,15-17H2,1H3,(H,29,30). The Morgan fingerprint density at radius 1 is 1.16 bits per heavy atom. The van der Waals surface area contributed by atoms with Crippen molar-refractivity contribution < 1.29 is 14.6 Å². The van der Waals surface area contributed by atoms with Gasteiger partial charge in [-0.05, 0) is 35.7 Å². The van der Waals surface area contributed by atoms with Crippen molar-refractivity contribution in [3.8, 4) is 17.1 Å². The van der Waals surface area contributed by atoms with Gasteiger partial charge in [-0.15, -0.1) is 0 Å². The van der Waals surface area contributed by atoms with Crippen LogP contribution in [-0.2, 0) is 24.4 Å². The van der Waals surface area contributed by atoms with Gasteiger partial charge in [-0.3, -0.25) is 9.69 Å². The molecule has 160 valence electrons. The third-order valence-corrected chi connectivity index (χ3v) is 5.47. The lowest BCUT2D eigenvalue weighted by atomic mass is 10.0. The number of carboxylic acids is 1. The second kappa shape index (κ2) is 9.71. The van der Waals surface area contributed by atoms with Gasteiger partial charge in [0, 0.05) is 49.8 Å². The maximum absolute atomic E-state index is 10.9. The van der Waals surface area contributed by atoms with Crippen LogP contribution in [0.2, 0.25) is 0 Å². The van der Waals surface area contributed by atoms with E-state index in [4.69, 9.17) is 14.8 Å². The highest BCUT2D eigenvalue weighted by atomic mass is 16.5. The molecule has 0 fully saturated rings. The highest BCUT2D eigenvalue weighted by Gasteiger charge is 2.21. The fourth-order valence-corrected chi connectivity index (χ4v) is 3.91. The van der Waals surface area contributed by atoms with Gasteiger partial charge in [-0.1, -0.05) is 37.3 Å². The molecule has 1 aliphatic rings. The van der Waals surface area contributed by atoms with Crippen molar-refractivity contribution in [3.05, 3.63) is 77.6 Å². The Morgan fingerprint density at radius 2 is 1.94 bits per heavy atom. The van der Waals surface area contributed by atoms with Crippen molar-refractivity contribution in [2.24, 2.45) is 5.92 Å². The smallest absolute Gasteiger partial charge is 0.303 e. The molecule has 0 saturated carbocycles. The molecule has 1 aliphatic heterocycles. The lowest BCUT2D eigenvalue weighted by Gasteiger charge is -2.29. The highest BCUT2D eigenvalue weighted by Crippen LogP contribution is 2.24. The molecule has 6 nitrogen and oxygen atoms in total. The molecule has 1 aromatic heterocycles. The summed E-state index contributed by atoms with van der Waals surface area (Å²) in [6.07, 6.45) is 2.96. The SMILES string of the molecule is CC(CC(=O)O)CN1CCc2nc(-c3ccc(OCc4ccccc4)cc3)ncc2C1. The molecule has 1 unspecified atom stereocenters. The maximum Gasteiger partial charge on any atom is 0.303 e. The molecular weight excluding hydrogens is 390 g/mol.